The van der Waals surface area contributed by atoms with Gasteiger partial charge in [0.25, 0.3) is 0 Å². The number of anilines is 1. The molecule has 174 valence electrons. The second-order valence-electron chi connectivity index (χ2n) is 8.03. The predicted molar refractivity (Wildman–Crippen MR) is 123 cm³/mol. The number of benzene rings is 1. The van der Waals surface area contributed by atoms with Crippen molar-refractivity contribution in [1.29, 1.82) is 0 Å². The first-order chi connectivity index (χ1) is 16.0. The Labute approximate surface area is 191 Å². The van der Waals surface area contributed by atoms with Gasteiger partial charge in [0.15, 0.2) is 0 Å². The normalized spacial score (nSPS) is 14.3. The van der Waals surface area contributed by atoms with Gasteiger partial charge in [-0.2, -0.15) is 10.2 Å². The van der Waals surface area contributed by atoms with Crippen LogP contribution in [0.2, 0.25) is 0 Å². The third-order valence-electron chi connectivity index (χ3n) is 5.62. The number of amides is 1. The fourth-order valence-corrected chi connectivity index (χ4v) is 3.88. The van der Waals surface area contributed by atoms with E-state index in [2.05, 4.69) is 15.1 Å². The maximum Gasteiger partial charge on any atom is 0.411 e. The number of hydrogen-bond donors (Lipinski definition) is 1. The van der Waals surface area contributed by atoms with Crippen molar-refractivity contribution in [2.24, 2.45) is 7.05 Å². The molecule has 0 bridgehead atoms. The highest BCUT2D eigenvalue weighted by Gasteiger charge is 2.17. The van der Waals surface area contributed by atoms with E-state index in [4.69, 9.17) is 4.74 Å². The Morgan fingerprint density at radius 2 is 2.06 bits per heavy atom. The zero-order valence-corrected chi connectivity index (χ0v) is 18.6. The van der Waals surface area contributed by atoms with E-state index in [1.807, 2.05) is 31.4 Å². The zero-order chi connectivity index (χ0) is 23.2. The molecule has 1 fully saturated rings. The molecule has 0 spiro atoms. The number of hydrogen-bond acceptors (Lipinski definition) is 6. The van der Waals surface area contributed by atoms with E-state index in [9.17, 15) is 14.7 Å². The average Bonchev–Trinajstić information content (AvgIpc) is 3.25. The summed E-state index contributed by atoms with van der Waals surface area (Å²) in [6.45, 7) is 4.43. The first-order valence-electron chi connectivity index (χ1n) is 11.0. The van der Waals surface area contributed by atoms with Crippen LogP contribution in [0.3, 0.4) is 0 Å². The molecule has 1 aliphatic heterocycles. The Kier molecular flexibility index (Phi) is 7.16. The lowest BCUT2D eigenvalue weighted by molar-refractivity contribution is 0.0376. The lowest BCUT2D eigenvalue weighted by Gasteiger charge is -2.27. The number of rotatable bonds is 8. The maximum atomic E-state index is 12.4. The van der Waals surface area contributed by atoms with Crippen LogP contribution in [0.5, 0.6) is 0 Å². The number of aryl methyl sites for hydroxylation is 1. The molecule has 1 N–H and O–H groups in total. The second kappa shape index (κ2) is 10.4. The van der Waals surface area contributed by atoms with Gasteiger partial charge in [0.2, 0.25) is 5.43 Å². The summed E-state index contributed by atoms with van der Waals surface area (Å²) in [7, 11) is 1.81. The van der Waals surface area contributed by atoms with Crippen molar-refractivity contribution < 1.29 is 14.6 Å². The van der Waals surface area contributed by atoms with Crippen LogP contribution in [0.1, 0.15) is 17.7 Å². The first kappa shape index (κ1) is 22.7. The number of carbonyl (C=O) groups is 1. The molecule has 0 aliphatic carbocycles. The minimum atomic E-state index is -0.995. The summed E-state index contributed by atoms with van der Waals surface area (Å²) in [6, 6.07) is 8.75. The highest BCUT2D eigenvalue weighted by molar-refractivity contribution is 5.86. The van der Waals surface area contributed by atoms with Crippen LogP contribution in [0.15, 0.2) is 53.7 Å². The molecule has 10 heteroatoms. The van der Waals surface area contributed by atoms with Crippen LogP contribution < -0.4 is 10.3 Å². The Balaban J connectivity index is 1.47. The Morgan fingerprint density at radius 1 is 1.24 bits per heavy atom. The summed E-state index contributed by atoms with van der Waals surface area (Å²) < 4.78 is 8.64. The maximum absolute atomic E-state index is 12.4. The molecule has 3 heterocycles. The van der Waals surface area contributed by atoms with Gasteiger partial charge in [-0.05, 0) is 24.1 Å². The molecule has 0 radical (unpaired) electrons. The minimum absolute atomic E-state index is 0.166. The van der Waals surface area contributed by atoms with E-state index < -0.39 is 6.09 Å². The van der Waals surface area contributed by atoms with Gasteiger partial charge in [0.1, 0.15) is 11.4 Å². The predicted octanol–water partition coefficient (Wildman–Crippen LogP) is 1.76. The second-order valence-corrected chi connectivity index (χ2v) is 8.03. The quantitative estimate of drug-likeness (QED) is 0.555. The average molecular weight is 453 g/mol. The van der Waals surface area contributed by atoms with Gasteiger partial charge in [0.05, 0.1) is 25.6 Å². The number of nitrogens with zero attached hydrogens (tertiary/aromatic N) is 6. The largest absolute Gasteiger partial charge is 0.465 e. The van der Waals surface area contributed by atoms with Crippen LogP contribution in [-0.2, 0) is 18.2 Å². The van der Waals surface area contributed by atoms with Crippen LogP contribution in [0.25, 0.3) is 5.69 Å². The van der Waals surface area contributed by atoms with E-state index in [0.717, 1.165) is 50.5 Å². The fraction of sp³-hybridized carbons (Fsp3) is 0.391. The summed E-state index contributed by atoms with van der Waals surface area (Å²) in [5.74, 6) is 0. The van der Waals surface area contributed by atoms with E-state index in [-0.39, 0.29) is 5.43 Å². The third-order valence-corrected chi connectivity index (χ3v) is 5.62. The summed E-state index contributed by atoms with van der Waals surface area (Å²) >= 11 is 0. The topological polar surface area (TPSA) is 106 Å². The monoisotopic (exact) mass is 452 g/mol. The molecular weight excluding hydrogens is 424 g/mol. The number of morpholine rings is 1. The molecule has 10 nitrogen and oxygen atoms in total. The molecule has 3 aromatic rings. The Hall–Kier alpha value is -3.50. The molecule has 0 atom stereocenters. The molecule has 1 aliphatic rings. The van der Waals surface area contributed by atoms with Crippen molar-refractivity contribution in [1.82, 2.24) is 24.5 Å². The molecule has 2 aromatic heterocycles. The van der Waals surface area contributed by atoms with E-state index in [1.165, 1.54) is 11.0 Å². The molecule has 0 unspecified atom stereocenters. The van der Waals surface area contributed by atoms with Crippen LogP contribution in [0, 0.1) is 0 Å². The van der Waals surface area contributed by atoms with Gasteiger partial charge in [-0.1, -0.05) is 12.1 Å². The van der Waals surface area contributed by atoms with Gasteiger partial charge in [-0.15, -0.1) is 0 Å². The summed E-state index contributed by atoms with van der Waals surface area (Å²) in [6.07, 6.45) is 5.13. The molecule has 1 saturated heterocycles. The van der Waals surface area contributed by atoms with Crippen molar-refractivity contribution in [2.45, 2.75) is 12.8 Å². The standard InChI is InChI=1S/C23H28N6O4/c1-26-17-20(16-24-26)29-9-6-22(30)21(25-29)15-18-4-2-5-19(14-18)28(23(31)32)8-3-7-27-10-12-33-13-11-27/h2,4-6,9,14,16-17H,3,7-8,10-13,15H2,1H3,(H,31,32). The van der Waals surface area contributed by atoms with Gasteiger partial charge in [-0.3, -0.25) is 19.3 Å². The molecule has 1 aromatic carbocycles. The van der Waals surface area contributed by atoms with E-state index in [0.29, 0.717) is 24.3 Å². The summed E-state index contributed by atoms with van der Waals surface area (Å²) in [5.41, 5.74) is 2.38. The van der Waals surface area contributed by atoms with Gasteiger partial charge in [-0.25, -0.2) is 9.48 Å². The lowest BCUT2D eigenvalue weighted by Crippen LogP contribution is -2.39. The van der Waals surface area contributed by atoms with Crippen LogP contribution in [0.4, 0.5) is 10.5 Å². The first-order valence-corrected chi connectivity index (χ1v) is 11.0. The number of ether oxygens (including phenoxy) is 1. The number of aromatic nitrogens is 4. The fourth-order valence-electron chi connectivity index (χ4n) is 3.88. The number of carboxylic acid groups (broad SMARTS) is 1. The smallest absolute Gasteiger partial charge is 0.411 e. The van der Waals surface area contributed by atoms with Gasteiger partial charge in [0, 0.05) is 57.6 Å². The van der Waals surface area contributed by atoms with Crippen molar-refractivity contribution in [3.05, 3.63) is 70.4 Å². The van der Waals surface area contributed by atoms with E-state index in [1.54, 1.807) is 27.8 Å². The van der Waals surface area contributed by atoms with Gasteiger partial charge >= 0.3 is 6.09 Å². The lowest BCUT2D eigenvalue weighted by atomic mass is 10.1. The SMILES string of the molecule is Cn1cc(-n2ccc(=O)c(Cc3cccc(N(CCCN4CCOCC4)C(=O)O)c3)n2)cn1. The third kappa shape index (κ3) is 5.85. The molecule has 33 heavy (non-hydrogen) atoms. The molecule has 1 amide bonds. The van der Waals surface area contributed by atoms with Crippen molar-refractivity contribution in [3.63, 3.8) is 0 Å². The summed E-state index contributed by atoms with van der Waals surface area (Å²) in [5, 5.41) is 18.4. The molecule has 0 saturated carbocycles. The van der Waals surface area contributed by atoms with E-state index >= 15 is 0 Å². The van der Waals surface area contributed by atoms with Crippen LogP contribution >= 0.6 is 0 Å². The Bertz CT molecular complexity index is 1150. The molecular formula is C23H28N6O4. The van der Waals surface area contributed by atoms with Crippen molar-refractivity contribution >= 4 is 11.8 Å². The van der Waals surface area contributed by atoms with Gasteiger partial charge < -0.3 is 9.84 Å². The highest BCUT2D eigenvalue weighted by atomic mass is 16.5. The minimum Gasteiger partial charge on any atom is -0.465 e. The Morgan fingerprint density at radius 3 is 2.79 bits per heavy atom. The van der Waals surface area contributed by atoms with Crippen LogP contribution in [-0.4, -0.2) is 75.1 Å². The van der Waals surface area contributed by atoms with Crippen molar-refractivity contribution in [3.8, 4) is 5.69 Å². The zero-order valence-electron chi connectivity index (χ0n) is 18.6. The highest BCUT2D eigenvalue weighted by Crippen LogP contribution is 2.19. The summed E-state index contributed by atoms with van der Waals surface area (Å²) in [4.78, 5) is 28.0. The van der Waals surface area contributed by atoms with Crippen molar-refractivity contribution in [2.75, 3.05) is 44.3 Å². The molecule has 4 rings (SSSR count).